The van der Waals surface area contributed by atoms with Crippen LogP contribution >= 0.6 is 15.9 Å². The highest BCUT2D eigenvalue weighted by Crippen LogP contribution is 2.45. The molecule has 8 heteroatoms. The van der Waals surface area contributed by atoms with Crippen LogP contribution in [0.3, 0.4) is 0 Å². The predicted octanol–water partition coefficient (Wildman–Crippen LogP) is 3.40. The average Bonchev–Trinajstić information content (AvgIpc) is 2.76. The Morgan fingerprint density at radius 1 is 1.06 bits per heavy atom. The van der Waals surface area contributed by atoms with Gasteiger partial charge in [-0.2, -0.15) is 0 Å². The Hall–Kier alpha value is -3.23. The van der Waals surface area contributed by atoms with E-state index in [1.165, 1.54) is 0 Å². The minimum Gasteiger partial charge on any atom is -0.439 e. The van der Waals surface area contributed by atoms with E-state index in [0.29, 0.717) is 16.5 Å². The molecule has 0 spiro atoms. The van der Waals surface area contributed by atoms with E-state index in [-0.39, 0.29) is 29.4 Å². The van der Waals surface area contributed by atoms with E-state index in [9.17, 15) is 14.4 Å². The van der Waals surface area contributed by atoms with Gasteiger partial charge in [-0.05, 0) is 36.8 Å². The summed E-state index contributed by atoms with van der Waals surface area (Å²) in [7, 11) is 0. The molecule has 0 bridgehead atoms. The van der Waals surface area contributed by atoms with Gasteiger partial charge in [0.25, 0.3) is 5.91 Å². The van der Waals surface area contributed by atoms with Crippen LogP contribution in [0.2, 0.25) is 0 Å². The normalized spacial score (nSPS) is 20.2. The van der Waals surface area contributed by atoms with Crippen molar-refractivity contribution in [1.82, 2.24) is 5.32 Å². The van der Waals surface area contributed by atoms with Crippen LogP contribution in [0.15, 0.2) is 73.7 Å². The number of nitrogens with one attached hydrogen (secondary N) is 1. The molecule has 0 fully saturated rings. The largest absolute Gasteiger partial charge is 0.439 e. The lowest BCUT2D eigenvalue weighted by Crippen LogP contribution is -2.51. The Morgan fingerprint density at radius 2 is 1.81 bits per heavy atom. The van der Waals surface area contributed by atoms with Crippen LogP contribution < -0.4 is 15.7 Å². The van der Waals surface area contributed by atoms with Crippen LogP contribution in [-0.2, 0) is 14.3 Å². The van der Waals surface area contributed by atoms with Crippen molar-refractivity contribution in [3.05, 3.63) is 86.0 Å². The number of carbonyl (C=O) groups is 2. The molecule has 2 aliphatic heterocycles. The van der Waals surface area contributed by atoms with Crippen molar-refractivity contribution >= 4 is 38.6 Å². The van der Waals surface area contributed by atoms with E-state index in [1.54, 1.807) is 31.2 Å². The molecule has 0 aliphatic carbocycles. The number of hydrogen-bond acceptors (Lipinski definition) is 6. The Kier molecular flexibility index (Phi) is 4.75. The molecule has 3 aromatic rings. The molecular formula is C23H16BrNO6. The van der Waals surface area contributed by atoms with Gasteiger partial charge in [-0.3, -0.25) is 14.9 Å². The Balaban J connectivity index is 1.81. The minimum absolute atomic E-state index is 0.0159. The molecule has 0 radical (unpaired) electrons. The number of hydrogen-bond donors (Lipinski definition) is 1. The van der Waals surface area contributed by atoms with E-state index in [0.717, 1.165) is 4.47 Å². The molecule has 5 rings (SSSR count). The molecule has 1 N–H and O–H groups in total. The lowest BCUT2D eigenvalue weighted by Gasteiger charge is -2.34. The maximum atomic E-state index is 13.3. The number of halogens is 1. The maximum absolute atomic E-state index is 13.3. The Morgan fingerprint density at radius 3 is 2.55 bits per heavy atom. The first-order chi connectivity index (χ1) is 15.0. The van der Waals surface area contributed by atoms with Crippen LogP contribution in [0.4, 0.5) is 0 Å². The highest BCUT2D eigenvalue weighted by atomic mass is 79.9. The van der Waals surface area contributed by atoms with Crippen molar-refractivity contribution < 1.29 is 23.5 Å². The fourth-order valence-corrected chi connectivity index (χ4v) is 4.28. The number of rotatable bonds is 3. The number of carbonyl (C=O) groups excluding carboxylic acids is 2. The molecule has 2 aliphatic rings. The zero-order valence-electron chi connectivity index (χ0n) is 16.3. The molecule has 7 nitrogen and oxygen atoms in total. The van der Waals surface area contributed by atoms with Gasteiger partial charge in [-0.25, -0.2) is 4.79 Å². The van der Waals surface area contributed by atoms with Gasteiger partial charge in [-0.15, -0.1) is 0 Å². The summed E-state index contributed by atoms with van der Waals surface area (Å²) >= 11 is 3.41. The fraction of sp³-hybridized carbons (Fsp3) is 0.174. The van der Waals surface area contributed by atoms with Crippen LogP contribution in [0, 0.1) is 0 Å². The van der Waals surface area contributed by atoms with Crippen LogP contribution in [0.5, 0.6) is 5.75 Å². The van der Waals surface area contributed by atoms with Gasteiger partial charge in [0.15, 0.2) is 11.9 Å². The highest BCUT2D eigenvalue weighted by molar-refractivity contribution is 9.10. The highest BCUT2D eigenvalue weighted by Gasteiger charge is 2.46. The summed E-state index contributed by atoms with van der Waals surface area (Å²) in [6, 6.07) is 14.2. The van der Waals surface area contributed by atoms with Crippen LogP contribution in [0.25, 0.3) is 11.0 Å². The Labute approximate surface area is 184 Å². The third-order valence-electron chi connectivity index (χ3n) is 5.34. The second-order valence-electron chi connectivity index (χ2n) is 7.15. The van der Waals surface area contributed by atoms with Gasteiger partial charge < -0.3 is 13.9 Å². The summed E-state index contributed by atoms with van der Waals surface area (Å²) in [6.07, 6.45) is -1.31. The zero-order valence-corrected chi connectivity index (χ0v) is 17.9. The summed E-state index contributed by atoms with van der Waals surface area (Å²) in [4.78, 5) is 38.9. The van der Waals surface area contributed by atoms with Crippen molar-refractivity contribution in [3.63, 3.8) is 0 Å². The fourth-order valence-electron chi connectivity index (χ4n) is 4.02. The lowest BCUT2D eigenvalue weighted by molar-refractivity contribution is -0.143. The summed E-state index contributed by atoms with van der Waals surface area (Å²) < 4.78 is 17.8. The zero-order chi connectivity index (χ0) is 21.7. The summed E-state index contributed by atoms with van der Waals surface area (Å²) in [6.45, 7) is 1.88. The molecule has 3 heterocycles. The van der Waals surface area contributed by atoms with E-state index >= 15 is 0 Å². The monoisotopic (exact) mass is 481 g/mol. The summed E-state index contributed by atoms with van der Waals surface area (Å²) in [5.74, 6) is -1.64. The van der Waals surface area contributed by atoms with Crippen LogP contribution in [0.1, 0.15) is 24.0 Å². The SMILES string of the molecule is CCOC1C(=O)NC2=C(C1=O)C(c1ccc(Br)cc1)c1c(c3ccccc3oc1=O)O2. The number of ketones is 1. The topological polar surface area (TPSA) is 94.8 Å². The van der Waals surface area contributed by atoms with Gasteiger partial charge in [0, 0.05) is 11.1 Å². The van der Waals surface area contributed by atoms with Gasteiger partial charge in [0.05, 0.1) is 22.4 Å². The summed E-state index contributed by atoms with van der Waals surface area (Å²) in [5.41, 5.74) is 0.800. The van der Waals surface area contributed by atoms with Gasteiger partial charge >= 0.3 is 5.63 Å². The van der Waals surface area contributed by atoms with E-state index in [2.05, 4.69) is 21.2 Å². The first kappa shape index (κ1) is 19.7. The number of ether oxygens (including phenoxy) is 2. The van der Waals surface area contributed by atoms with Crippen molar-refractivity contribution in [2.45, 2.75) is 18.9 Å². The van der Waals surface area contributed by atoms with Crippen LogP contribution in [-0.4, -0.2) is 24.4 Å². The molecule has 1 amide bonds. The predicted molar refractivity (Wildman–Crippen MR) is 115 cm³/mol. The Bertz CT molecular complexity index is 1320. The van der Waals surface area contributed by atoms with E-state index in [1.807, 2.05) is 24.3 Å². The molecular weight excluding hydrogens is 466 g/mol. The number of benzene rings is 2. The molecule has 2 aromatic carbocycles. The van der Waals surface area contributed by atoms with Crippen molar-refractivity contribution in [2.24, 2.45) is 0 Å². The van der Waals surface area contributed by atoms with E-state index < -0.39 is 29.3 Å². The summed E-state index contributed by atoms with van der Waals surface area (Å²) in [5, 5.41) is 3.22. The number of Topliss-reactive ketones (excluding diaryl/α,β-unsaturated/α-hetero) is 1. The second-order valence-corrected chi connectivity index (χ2v) is 8.06. The van der Waals surface area contributed by atoms with Crippen molar-refractivity contribution in [3.8, 4) is 5.75 Å². The van der Waals surface area contributed by atoms with Gasteiger partial charge in [0.2, 0.25) is 11.7 Å². The third-order valence-corrected chi connectivity index (χ3v) is 5.87. The number of para-hydroxylation sites is 1. The molecule has 2 unspecified atom stereocenters. The number of amides is 1. The second kappa shape index (κ2) is 7.47. The first-order valence-electron chi connectivity index (χ1n) is 9.69. The average molecular weight is 482 g/mol. The first-order valence-corrected chi connectivity index (χ1v) is 10.5. The molecule has 1 aromatic heterocycles. The van der Waals surface area contributed by atoms with Gasteiger partial charge in [-0.1, -0.05) is 40.2 Å². The van der Waals surface area contributed by atoms with E-state index in [4.69, 9.17) is 13.9 Å². The maximum Gasteiger partial charge on any atom is 0.344 e. The molecule has 156 valence electrons. The quantitative estimate of drug-likeness (QED) is 0.455. The van der Waals surface area contributed by atoms with Crippen molar-refractivity contribution in [1.29, 1.82) is 0 Å². The smallest absolute Gasteiger partial charge is 0.344 e. The van der Waals surface area contributed by atoms with Gasteiger partial charge in [0.1, 0.15) is 5.58 Å². The number of fused-ring (bicyclic) bond motifs is 3. The minimum atomic E-state index is -1.31. The molecule has 0 saturated heterocycles. The third kappa shape index (κ3) is 3.10. The molecule has 2 atom stereocenters. The van der Waals surface area contributed by atoms with Crippen molar-refractivity contribution in [2.75, 3.05) is 6.61 Å². The standard InChI is InChI=1S/C23H16BrNO6/c1-2-29-20-18(26)16-15(11-7-9-12(24)10-8-11)17-19(31-22(16)25-21(20)27)13-5-3-4-6-14(13)30-23(17)28/h3-10,15,20H,2H2,1H3,(H,25,27). The lowest BCUT2D eigenvalue weighted by atomic mass is 9.79. The molecule has 0 saturated carbocycles. The molecule has 31 heavy (non-hydrogen) atoms.